The molecule has 9 nitrogen and oxygen atoms in total. The molecule has 3 rings (SSSR count). The average Bonchev–Trinajstić information content (AvgIpc) is 3.10. The largest absolute Gasteiger partial charge is 0.506 e. The number of ketones is 1. The van der Waals surface area contributed by atoms with Gasteiger partial charge in [0.25, 0.3) is 11.7 Å². The molecule has 0 aromatic heterocycles. The molecule has 1 amide bonds. The number of carbonyl (C=O) groups excluding carboxylic acids is 2. The monoisotopic (exact) mass is 457 g/mol. The van der Waals surface area contributed by atoms with Crippen LogP contribution in [0.1, 0.15) is 17.2 Å². The van der Waals surface area contributed by atoms with Gasteiger partial charge < -0.3 is 33.7 Å². The van der Waals surface area contributed by atoms with Gasteiger partial charge in [0.15, 0.2) is 11.5 Å². The van der Waals surface area contributed by atoms with Crippen LogP contribution in [0.3, 0.4) is 0 Å². The molecule has 1 unspecified atom stereocenters. The number of aliphatic hydroxyl groups excluding tert-OH is 1. The summed E-state index contributed by atoms with van der Waals surface area (Å²) in [6, 6.07) is 9.11. The van der Waals surface area contributed by atoms with Crippen LogP contribution in [0.2, 0.25) is 0 Å². The van der Waals surface area contributed by atoms with Crippen LogP contribution in [0.4, 0.5) is 0 Å². The number of methoxy groups -OCH3 is 5. The van der Waals surface area contributed by atoms with E-state index in [4.69, 9.17) is 23.7 Å². The van der Waals surface area contributed by atoms with Gasteiger partial charge in [0.05, 0.1) is 46.7 Å². The van der Waals surface area contributed by atoms with E-state index >= 15 is 0 Å². The number of hydrogen-bond acceptors (Lipinski definition) is 8. The Balaban J connectivity index is 2.29. The third-order valence-electron chi connectivity index (χ3n) is 5.46. The molecule has 2 aromatic rings. The van der Waals surface area contributed by atoms with Gasteiger partial charge in [-0.05, 0) is 29.8 Å². The van der Waals surface area contributed by atoms with Gasteiger partial charge in [-0.2, -0.15) is 0 Å². The molecule has 1 heterocycles. The van der Waals surface area contributed by atoms with Crippen molar-refractivity contribution in [3.05, 3.63) is 53.1 Å². The highest BCUT2D eigenvalue weighted by atomic mass is 16.5. The minimum Gasteiger partial charge on any atom is -0.506 e. The number of rotatable bonds is 9. The fourth-order valence-corrected chi connectivity index (χ4v) is 3.89. The molecule has 1 aliphatic rings. The molecule has 2 aromatic carbocycles. The highest BCUT2D eigenvalue weighted by Crippen LogP contribution is 2.44. The highest BCUT2D eigenvalue weighted by molar-refractivity contribution is 6.46. The van der Waals surface area contributed by atoms with Crippen molar-refractivity contribution in [2.24, 2.45) is 0 Å². The molecule has 0 radical (unpaired) electrons. The Labute approximate surface area is 192 Å². The minimum atomic E-state index is -0.894. The van der Waals surface area contributed by atoms with Gasteiger partial charge in [-0.15, -0.1) is 0 Å². The highest BCUT2D eigenvalue weighted by Gasteiger charge is 2.46. The number of amides is 1. The van der Waals surface area contributed by atoms with E-state index < -0.39 is 23.5 Å². The van der Waals surface area contributed by atoms with Crippen LogP contribution in [-0.4, -0.2) is 70.4 Å². The van der Waals surface area contributed by atoms with Crippen LogP contribution in [0.25, 0.3) is 5.76 Å². The van der Waals surface area contributed by atoms with Crippen LogP contribution < -0.4 is 18.9 Å². The number of carbonyl (C=O) groups is 2. The standard InChI is InChI=1S/C24H27NO8/c1-29-12-11-25-21(14-9-10-15(30-2)18(13-14)33-5)20(23(27)24(25)28)22(26)19-16(31-3)7-6-8-17(19)32-4/h6-10,13,21,26H,11-12H2,1-5H3/b22-20+. The van der Waals surface area contributed by atoms with Gasteiger partial charge in [-0.1, -0.05) is 12.1 Å². The van der Waals surface area contributed by atoms with E-state index in [0.29, 0.717) is 28.6 Å². The maximum absolute atomic E-state index is 13.2. The summed E-state index contributed by atoms with van der Waals surface area (Å²) < 4.78 is 26.6. The molecule has 0 saturated carbocycles. The maximum atomic E-state index is 13.2. The van der Waals surface area contributed by atoms with Crippen molar-refractivity contribution in [3.8, 4) is 23.0 Å². The number of ether oxygens (including phenoxy) is 5. The Morgan fingerprint density at radius 3 is 2.03 bits per heavy atom. The zero-order valence-corrected chi connectivity index (χ0v) is 19.2. The van der Waals surface area contributed by atoms with Crippen LogP contribution in [0, 0.1) is 0 Å². The second-order valence-corrected chi connectivity index (χ2v) is 7.14. The lowest BCUT2D eigenvalue weighted by molar-refractivity contribution is -0.140. The molecular formula is C24H27NO8. The fraction of sp³-hybridized carbons (Fsp3) is 0.333. The Hall–Kier alpha value is -3.72. The summed E-state index contributed by atoms with van der Waals surface area (Å²) in [6.45, 7) is 0.342. The van der Waals surface area contributed by atoms with Gasteiger partial charge in [-0.25, -0.2) is 0 Å². The predicted molar refractivity (Wildman–Crippen MR) is 120 cm³/mol. The third-order valence-corrected chi connectivity index (χ3v) is 5.46. The first-order chi connectivity index (χ1) is 15.9. The quantitative estimate of drug-likeness (QED) is 0.348. The molecule has 33 heavy (non-hydrogen) atoms. The number of likely N-dealkylation sites (tertiary alicyclic amines) is 1. The molecule has 1 fully saturated rings. The first-order valence-corrected chi connectivity index (χ1v) is 10.1. The van der Waals surface area contributed by atoms with E-state index in [-0.39, 0.29) is 24.3 Å². The van der Waals surface area contributed by atoms with Gasteiger partial charge in [0.1, 0.15) is 22.8 Å². The molecule has 0 spiro atoms. The minimum absolute atomic E-state index is 0.0916. The van der Waals surface area contributed by atoms with E-state index in [1.54, 1.807) is 36.4 Å². The molecule has 0 aliphatic carbocycles. The van der Waals surface area contributed by atoms with Crippen molar-refractivity contribution in [3.63, 3.8) is 0 Å². The lowest BCUT2D eigenvalue weighted by atomic mass is 9.94. The molecule has 1 N–H and O–H groups in total. The topological polar surface area (TPSA) is 104 Å². The fourth-order valence-electron chi connectivity index (χ4n) is 3.89. The van der Waals surface area contributed by atoms with E-state index in [2.05, 4.69) is 0 Å². The molecular weight excluding hydrogens is 430 g/mol. The van der Waals surface area contributed by atoms with Crippen LogP contribution in [0.5, 0.6) is 23.0 Å². The predicted octanol–water partition coefficient (Wildman–Crippen LogP) is 2.79. The van der Waals surface area contributed by atoms with Gasteiger partial charge in [0, 0.05) is 13.7 Å². The lowest BCUT2D eigenvalue weighted by Gasteiger charge is -2.26. The second-order valence-electron chi connectivity index (χ2n) is 7.14. The Bertz CT molecular complexity index is 1060. The van der Waals surface area contributed by atoms with E-state index in [0.717, 1.165) is 0 Å². The van der Waals surface area contributed by atoms with Gasteiger partial charge >= 0.3 is 0 Å². The van der Waals surface area contributed by atoms with Crippen LogP contribution in [-0.2, 0) is 14.3 Å². The summed E-state index contributed by atoms with van der Waals surface area (Å²) in [5.74, 6) is -0.480. The molecule has 1 aliphatic heterocycles. The summed E-state index contributed by atoms with van der Waals surface area (Å²) in [7, 11) is 7.38. The van der Waals surface area contributed by atoms with Crippen molar-refractivity contribution in [2.45, 2.75) is 6.04 Å². The molecule has 0 bridgehead atoms. The molecule has 1 saturated heterocycles. The number of hydrogen-bond donors (Lipinski definition) is 1. The smallest absolute Gasteiger partial charge is 0.295 e. The number of benzene rings is 2. The Kier molecular flexibility index (Phi) is 7.44. The summed E-state index contributed by atoms with van der Waals surface area (Å²) in [5.41, 5.74) is 0.641. The summed E-state index contributed by atoms with van der Waals surface area (Å²) in [5, 5.41) is 11.4. The summed E-state index contributed by atoms with van der Waals surface area (Å²) in [4.78, 5) is 27.5. The first-order valence-electron chi connectivity index (χ1n) is 10.1. The van der Waals surface area contributed by atoms with Crippen molar-refractivity contribution < 1.29 is 38.4 Å². The number of Topliss-reactive ketones (excluding diaryl/α,β-unsaturated/α-hetero) is 1. The molecule has 176 valence electrons. The Morgan fingerprint density at radius 1 is 0.879 bits per heavy atom. The van der Waals surface area contributed by atoms with E-state index in [1.807, 2.05) is 0 Å². The summed E-state index contributed by atoms with van der Waals surface area (Å²) in [6.07, 6.45) is 0. The van der Waals surface area contributed by atoms with Crippen LogP contribution >= 0.6 is 0 Å². The maximum Gasteiger partial charge on any atom is 0.295 e. The van der Waals surface area contributed by atoms with E-state index in [1.165, 1.54) is 40.4 Å². The number of aliphatic hydroxyl groups is 1. The van der Waals surface area contributed by atoms with Gasteiger partial charge in [-0.3, -0.25) is 9.59 Å². The van der Waals surface area contributed by atoms with Crippen LogP contribution in [0.15, 0.2) is 42.0 Å². The van der Waals surface area contributed by atoms with Crippen molar-refractivity contribution in [1.29, 1.82) is 0 Å². The SMILES string of the molecule is COCCN1C(=O)C(=O)/C(=C(/O)c2c(OC)cccc2OC)C1c1ccc(OC)c(OC)c1. The number of nitrogens with zero attached hydrogens (tertiary/aromatic N) is 1. The van der Waals surface area contributed by atoms with Crippen molar-refractivity contribution >= 4 is 17.4 Å². The third kappa shape index (κ3) is 4.31. The lowest BCUT2D eigenvalue weighted by Crippen LogP contribution is -2.32. The molecule has 9 heteroatoms. The van der Waals surface area contributed by atoms with Crippen molar-refractivity contribution in [1.82, 2.24) is 4.90 Å². The van der Waals surface area contributed by atoms with Crippen molar-refractivity contribution in [2.75, 3.05) is 48.7 Å². The zero-order chi connectivity index (χ0) is 24.1. The van der Waals surface area contributed by atoms with E-state index in [9.17, 15) is 14.7 Å². The first kappa shape index (κ1) is 23.9. The second kappa shape index (κ2) is 10.3. The normalized spacial score (nSPS) is 17.2. The van der Waals surface area contributed by atoms with Gasteiger partial charge in [0.2, 0.25) is 0 Å². The Morgan fingerprint density at radius 2 is 1.48 bits per heavy atom. The zero-order valence-electron chi connectivity index (χ0n) is 19.2. The summed E-state index contributed by atoms with van der Waals surface area (Å²) >= 11 is 0. The average molecular weight is 457 g/mol. The molecule has 1 atom stereocenters.